The number of nitrogens with one attached hydrogen (secondary N) is 1. The van der Waals surface area contributed by atoms with Crippen LogP contribution in [0.2, 0.25) is 5.02 Å². The van der Waals surface area contributed by atoms with Crippen LogP contribution in [0.3, 0.4) is 0 Å². The molecule has 8 nitrogen and oxygen atoms in total. The van der Waals surface area contributed by atoms with Gasteiger partial charge in [-0.2, -0.15) is 0 Å². The van der Waals surface area contributed by atoms with Crippen molar-refractivity contribution in [1.29, 1.82) is 0 Å². The van der Waals surface area contributed by atoms with E-state index in [0.717, 1.165) is 0 Å². The molecule has 0 radical (unpaired) electrons. The molecule has 0 aliphatic carbocycles. The van der Waals surface area contributed by atoms with E-state index in [-0.39, 0.29) is 24.9 Å². The molecule has 0 unspecified atom stereocenters. The lowest BCUT2D eigenvalue weighted by atomic mass is 10.2. The minimum atomic E-state index is -0.640. The van der Waals surface area contributed by atoms with Crippen LogP contribution in [-0.2, 0) is 16.1 Å². The smallest absolute Gasteiger partial charge is 0.325 e. The molecular weight excluding hydrogens is 398 g/mol. The Balaban J connectivity index is 1.49. The van der Waals surface area contributed by atoms with Crippen molar-refractivity contribution >= 4 is 23.5 Å². The predicted molar refractivity (Wildman–Crippen MR) is 104 cm³/mol. The first-order chi connectivity index (χ1) is 14.1. The molecule has 1 amide bonds. The molecule has 1 aromatic heterocycles. The van der Waals surface area contributed by atoms with Gasteiger partial charge in [-0.15, -0.1) is 10.2 Å². The van der Waals surface area contributed by atoms with Crippen LogP contribution in [0.25, 0.3) is 11.5 Å². The van der Waals surface area contributed by atoms with Crippen LogP contribution < -0.4 is 10.1 Å². The molecule has 0 saturated carbocycles. The van der Waals surface area contributed by atoms with E-state index in [2.05, 4.69) is 15.5 Å². The number of halogens is 1. The monoisotopic (exact) mass is 415 g/mol. The molecule has 0 saturated heterocycles. The Morgan fingerprint density at radius 1 is 1.10 bits per heavy atom. The van der Waals surface area contributed by atoms with Gasteiger partial charge in [0.1, 0.15) is 12.3 Å². The van der Waals surface area contributed by atoms with Gasteiger partial charge < -0.3 is 19.2 Å². The van der Waals surface area contributed by atoms with E-state index in [9.17, 15) is 9.59 Å². The maximum atomic E-state index is 12.3. The van der Waals surface area contributed by atoms with E-state index < -0.39 is 11.9 Å². The molecule has 1 heterocycles. The fraction of sp³-hybridized carbons (Fsp3) is 0.200. The zero-order valence-electron chi connectivity index (χ0n) is 15.6. The van der Waals surface area contributed by atoms with Gasteiger partial charge in [-0.1, -0.05) is 23.7 Å². The van der Waals surface area contributed by atoms with E-state index in [0.29, 0.717) is 28.5 Å². The molecule has 1 N–H and O–H groups in total. The van der Waals surface area contributed by atoms with E-state index in [1.807, 2.05) is 6.92 Å². The van der Waals surface area contributed by atoms with Gasteiger partial charge in [0.25, 0.3) is 11.8 Å². The second-order valence-electron chi connectivity index (χ2n) is 5.78. The molecule has 3 aromatic rings. The van der Waals surface area contributed by atoms with Gasteiger partial charge >= 0.3 is 5.97 Å². The summed E-state index contributed by atoms with van der Waals surface area (Å²) in [5.41, 5.74) is 1.03. The van der Waals surface area contributed by atoms with Gasteiger partial charge in [-0.3, -0.25) is 9.59 Å². The average Bonchev–Trinajstić information content (AvgIpc) is 3.21. The number of ether oxygens (including phenoxy) is 2. The zero-order valence-corrected chi connectivity index (χ0v) is 16.3. The number of nitrogens with zero attached hydrogens (tertiary/aromatic N) is 2. The molecule has 0 spiro atoms. The Hall–Kier alpha value is -3.39. The van der Waals surface area contributed by atoms with Gasteiger partial charge in [0.05, 0.1) is 12.2 Å². The molecule has 0 atom stereocenters. The first-order valence-corrected chi connectivity index (χ1v) is 9.18. The highest BCUT2D eigenvalue weighted by Gasteiger charge is 2.15. The number of benzene rings is 2. The molecule has 2 aromatic carbocycles. The lowest BCUT2D eigenvalue weighted by Gasteiger charge is -2.10. The molecule has 29 heavy (non-hydrogen) atoms. The fourth-order valence-corrected chi connectivity index (χ4v) is 2.52. The SMILES string of the molecule is CCOc1ccccc1C(=O)NCC(=O)OCc1nnc(-c2ccc(Cl)cc2)o1. The predicted octanol–water partition coefficient (Wildman–Crippen LogP) is 3.26. The lowest BCUT2D eigenvalue weighted by molar-refractivity contribution is -0.144. The van der Waals surface area contributed by atoms with E-state index in [1.54, 1.807) is 48.5 Å². The van der Waals surface area contributed by atoms with Crippen LogP contribution in [0.5, 0.6) is 5.75 Å². The summed E-state index contributed by atoms with van der Waals surface area (Å²) in [6.07, 6.45) is 0. The van der Waals surface area contributed by atoms with Crippen molar-refractivity contribution < 1.29 is 23.5 Å². The summed E-state index contributed by atoms with van der Waals surface area (Å²) < 4.78 is 15.9. The molecule has 9 heteroatoms. The Labute approximate surface area is 171 Å². The van der Waals surface area contributed by atoms with Gasteiger partial charge in [0, 0.05) is 10.6 Å². The topological polar surface area (TPSA) is 104 Å². The molecular formula is C20H18ClN3O5. The highest BCUT2D eigenvalue weighted by Crippen LogP contribution is 2.20. The lowest BCUT2D eigenvalue weighted by Crippen LogP contribution is -2.30. The zero-order chi connectivity index (χ0) is 20.6. The highest BCUT2D eigenvalue weighted by atomic mass is 35.5. The number of rotatable bonds is 8. The van der Waals surface area contributed by atoms with Crippen LogP contribution in [0.15, 0.2) is 52.9 Å². The van der Waals surface area contributed by atoms with Gasteiger partial charge in [0.2, 0.25) is 5.89 Å². The average molecular weight is 416 g/mol. The van der Waals surface area contributed by atoms with Crippen molar-refractivity contribution in [1.82, 2.24) is 15.5 Å². The maximum Gasteiger partial charge on any atom is 0.325 e. The van der Waals surface area contributed by atoms with Crippen LogP contribution in [-0.4, -0.2) is 35.2 Å². The van der Waals surface area contributed by atoms with Crippen molar-refractivity contribution in [3.8, 4) is 17.2 Å². The summed E-state index contributed by atoms with van der Waals surface area (Å²) in [6.45, 7) is 1.73. The standard InChI is InChI=1S/C20H18ClN3O5/c1-2-27-16-6-4-3-5-15(16)19(26)22-11-18(25)28-12-17-23-24-20(29-17)13-7-9-14(21)10-8-13/h3-10H,2,11-12H2,1H3,(H,22,26). The fourth-order valence-electron chi connectivity index (χ4n) is 2.40. The van der Waals surface area contributed by atoms with Crippen molar-refractivity contribution in [2.45, 2.75) is 13.5 Å². The largest absolute Gasteiger partial charge is 0.493 e. The quantitative estimate of drug-likeness (QED) is 0.563. The third kappa shape index (κ3) is 5.55. The summed E-state index contributed by atoms with van der Waals surface area (Å²) in [7, 11) is 0. The second kappa shape index (κ2) is 9.70. The molecule has 0 fully saturated rings. The number of esters is 1. The third-order valence-corrected chi connectivity index (χ3v) is 3.99. The molecule has 150 valence electrons. The number of para-hydroxylation sites is 1. The van der Waals surface area contributed by atoms with Gasteiger partial charge in [-0.05, 0) is 43.3 Å². The summed E-state index contributed by atoms with van der Waals surface area (Å²) in [5, 5.41) is 10.8. The van der Waals surface area contributed by atoms with Gasteiger partial charge in [-0.25, -0.2) is 0 Å². The highest BCUT2D eigenvalue weighted by molar-refractivity contribution is 6.30. The Morgan fingerprint density at radius 3 is 2.62 bits per heavy atom. The van der Waals surface area contributed by atoms with Crippen LogP contribution in [0.4, 0.5) is 0 Å². The summed E-state index contributed by atoms with van der Waals surface area (Å²) in [5.74, 6) is -0.210. The second-order valence-corrected chi connectivity index (χ2v) is 6.22. The number of carbonyl (C=O) groups excluding carboxylic acids is 2. The number of hydrogen-bond donors (Lipinski definition) is 1. The van der Waals surface area contributed by atoms with Crippen LogP contribution in [0.1, 0.15) is 23.2 Å². The maximum absolute atomic E-state index is 12.3. The molecule has 3 rings (SSSR count). The molecule has 0 bridgehead atoms. The normalized spacial score (nSPS) is 10.4. The minimum Gasteiger partial charge on any atom is -0.493 e. The minimum absolute atomic E-state index is 0.135. The Bertz CT molecular complexity index is 988. The molecule has 0 aliphatic rings. The third-order valence-electron chi connectivity index (χ3n) is 3.74. The summed E-state index contributed by atoms with van der Waals surface area (Å²) >= 11 is 5.84. The van der Waals surface area contributed by atoms with Crippen molar-refractivity contribution in [2.24, 2.45) is 0 Å². The van der Waals surface area contributed by atoms with E-state index in [4.69, 9.17) is 25.5 Å². The summed E-state index contributed by atoms with van der Waals surface area (Å²) in [4.78, 5) is 24.2. The number of hydrogen-bond acceptors (Lipinski definition) is 7. The van der Waals surface area contributed by atoms with Gasteiger partial charge in [0.15, 0.2) is 6.61 Å². The van der Waals surface area contributed by atoms with E-state index >= 15 is 0 Å². The Morgan fingerprint density at radius 2 is 1.86 bits per heavy atom. The van der Waals surface area contributed by atoms with E-state index in [1.165, 1.54) is 0 Å². The van der Waals surface area contributed by atoms with Crippen LogP contribution in [0, 0.1) is 0 Å². The molecule has 0 aliphatic heterocycles. The van der Waals surface area contributed by atoms with Crippen molar-refractivity contribution in [3.05, 3.63) is 65.0 Å². The number of amides is 1. The first-order valence-electron chi connectivity index (χ1n) is 8.80. The first kappa shape index (κ1) is 20.3. The number of carbonyl (C=O) groups is 2. The summed E-state index contributed by atoms with van der Waals surface area (Å²) in [6, 6.07) is 13.7. The van der Waals surface area contributed by atoms with Crippen molar-refractivity contribution in [3.63, 3.8) is 0 Å². The number of aromatic nitrogens is 2. The van der Waals surface area contributed by atoms with Crippen LogP contribution >= 0.6 is 11.6 Å². The Kier molecular flexibility index (Phi) is 6.80. The van der Waals surface area contributed by atoms with Crippen molar-refractivity contribution in [2.75, 3.05) is 13.2 Å².